The largest absolute Gasteiger partial charge is 0.494 e. The standard InChI is InChI=1S/C23H24N8O4/c1-4-33-18-7-5-6-16(12-18)20-19(26-30-31(20)22-21(24)28-35-29-22)23(32)27-25-13-15-8-10-17(11-9-15)34-14(2)3/h5-14H,4H2,1-3H3,(H2,24,28)(H,27,32)/b25-13-. The molecule has 2 heterocycles. The van der Waals surface area contributed by atoms with Crippen molar-refractivity contribution in [3.05, 3.63) is 59.8 Å². The first-order valence-electron chi connectivity index (χ1n) is 10.8. The zero-order valence-electron chi connectivity index (χ0n) is 19.4. The first-order valence-corrected chi connectivity index (χ1v) is 10.8. The number of hydrogen-bond donors (Lipinski definition) is 2. The van der Waals surface area contributed by atoms with Gasteiger partial charge in [-0.15, -0.1) is 5.10 Å². The molecule has 2 aromatic carbocycles. The molecule has 0 aliphatic heterocycles. The Labute approximate surface area is 200 Å². The summed E-state index contributed by atoms with van der Waals surface area (Å²) >= 11 is 0. The Hall–Kier alpha value is -4.74. The molecular formula is C23H24N8O4. The number of carbonyl (C=O) groups excluding carboxylic acids is 1. The van der Waals surface area contributed by atoms with E-state index < -0.39 is 5.91 Å². The molecule has 0 unspecified atom stereocenters. The van der Waals surface area contributed by atoms with E-state index in [4.69, 9.17) is 19.8 Å². The normalized spacial score (nSPS) is 11.2. The Kier molecular flexibility index (Phi) is 7.00. The second-order valence-electron chi connectivity index (χ2n) is 7.57. The summed E-state index contributed by atoms with van der Waals surface area (Å²) < 4.78 is 17.2. The van der Waals surface area contributed by atoms with Crippen LogP contribution in [0.2, 0.25) is 0 Å². The molecule has 0 atom stereocenters. The van der Waals surface area contributed by atoms with E-state index in [1.807, 2.05) is 45.0 Å². The molecule has 0 fully saturated rings. The van der Waals surface area contributed by atoms with Crippen molar-refractivity contribution in [1.82, 2.24) is 30.7 Å². The summed E-state index contributed by atoms with van der Waals surface area (Å²) in [5, 5.41) is 19.5. The lowest BCUT2D eigenvalue weighted by Gasteiger charge is -2.09. The molecule has 0 saturated heterocycles. The Bertz CT molecular complexity index is 1330. The number of nitrogens with one attached hydrogen (secondary N) is 1. The van der Waals surface area contributed by atoms with Gasteiger partial charge < -0.3 is 15.2 Å². The molecule has 0 spiro atoms. The van der Waals surface area contributed by atoms with Gasteiger partial charge in [0.1, 0.15) is 17.2 Å². The second kappa shape index (κ2) is 10.5. The number of amides is 1. The number of anilines is 1. The molecule has 0 bridgehead atoms. The number of carbonyl (C=O) groups is 1. The number of rotatable bonds is 9. The van der Waals surface area contributed by atoms with E-state index in [1.165, 1.54) is 10.9 Å². The van der Waals surface area contributed by atoms with Crippen molar-refractivity contribution in [2.45, 2.75) is 26.9 Å². The van der Waals surface area contributed by atoms with Crippen LogP contribution >= 0.6 is 0 Å². The van der Waals surface area contributed by atoms with E-state index in [2.05, 4.69) is 31.2 Å². The minimum absolute atomic E-state index is 0.00104. The summed E-state index contributed by atoms with van der Waals surface area (Å²) in [6, 6.07) is 14.4. The van der Waals surface area contributed by atoms with Crippen molar-refractivity contribution in [2.24, 2.45) is 5.10 Å². The van der Waals surface area contributed by atoms with Gasteiger partial charge in [0.25, 0.3) is 5.91 Å². The van der Waals surface area contributed by atoms with Gasteiger partial charge in [-0.3, -0.25) is 4.79 Å². The minimum atomic E-state index is -0.584. The Balaban J connectivity index is 1.61. The van der Waals surface area contributed by atoms with Gasteiger partial charge in [-0.25, -0.2) is 10.1 Å². The van der Waals surface area contributed by atoms with Gasteiger partial charge >= 0.3 is 0 Å². The minimum Gasteiger partial charge on any atom is -0.494 e. The van der Waals surface area contributed by atoms with E-state index in [-0.39, 0.29) is 23.4 Å². The molecule has 35 heavy (non-hydrogen) atoms. The zero-order chi connectivity index (χ0) is 24.8. The number of ether oxygens (including phenoxy) is 2. The van der Waals surface area contributed by atoms with Crippen molar-refractivity contribution < 1.29 is 18.9 Å². The fourth-order valence-electron chi connectivity index (χ4n) is 3.20. The van der Waals surface area contributed by atoms with Gasteiger partial charge in [0.05, 0.1) is 18.9 Å². The zero-order valence-corrected chi connectivity index (χ0v) is 19.4. The molecule has 0 saturated carbocycles. The number of aromatic nitrogens is 5. The quantitative estimate of drug-likeness (QED) is 0.274. The molecule has 180 valence electrons. The number of nitrogens with two attached hydrogens (primary N) is 1. The highest BCUT2D eigenvalue weighted by Crippen LogP contribution is 2.29. The van der Waals surface area contributed by atoms with E-state index in [1.54, 1.807) is 24.3 Å². The third-order valence-electron chi connectivity index (χ3n) is 4.63. The summed E-state index contributed by atoms with van der Waals surface area (Å²) in [4.78, 5) is 13.0. The van der Waals surface area contributed by atoms with Crippen LogP contribution in [0.5, 0.6) is 11.5 Å². The fraction of sp³-hybridized carbons (Fsp3) is 0.217. The number of benzene rings is 2. The molecule has 12 nitrogen and oxygen atoms in total. The topological polar surface area (TPSA) is 156 Å². The number of nitrogens with zero attached hydrogens (tertiary/aromatic N) is 6. The van der Waals surface area contributed by atoms with Crippen molar-refractivity contribution in [2.75, 3.05) is 12.3 Å². The summed E-state index contributed by atoms with van der Waals surface area (Å²) in [5.41, 5.74) is 10.0. The third kappa shape index (κ3) is 5.43. The highest BCUT2D eigenvalue weighted by molar-refractivity contribution is 5.99. The highest BCUT2D eigenvalue weighted by atomic mass is 16.6. The van der Waals surface area contributed by atoms with Gasteiger partial charge in [0, 0.05) is 5.56 Å². The highest BCUT2D eigenvalue weighted by Gasteiger charge is 2.25. The maximum absolute atomic E-state index is 13.0. The van der Waals surface area contributed by atoms with Crippen molar-refractivity contribution in [1.29, 1.82) is 0 Å². The maximum Gasteiger partial charge on any atom is 0.294 e. The van der Waals surface area contributed by atoms with Crippen LogP contribution in [0.3, 0.4) is 0 Å². The molecule has 2 aromatic heterocycles. The lowest BCUT2D eigenvalue weighted by atomic mass is 10.1. The Morgan fingerprint density at radius 1 is 1.20 bits per heavy atom. The Morgan fingerprint density at radius 3 is 2.69 bits per heavy atom. The number of hydrazone groups is 1. The number of nitrogen functional groups attached to an aromatic ring is 1. The van der Waals surface area contributed by atoms with Crippen molar-refractivity contribution >= 4 is 17.9 Å². The van der Waals surface area contributed by atoms with E-state index >= 15 is 0 Å². The third-order valence-corrected chi connectivity index (χ3v) is 4.63. The average Bonchev–Trinajstić information content (AvgIpc) is 3.46. The van der Waals surface area contributed by atoms with Crippen LogP contribution < -0.4 is 20.6 Å². The predicted octanol–water partition coefficient (Wildman–Crippen LogP) is 2.85. The number of hydrogen-bond acceptors (Lipinski definition) is 10. The fourth-order valence-corrected chi connectivity index (χ4v) is 3.20. The van der Waals surface area contributed by atoms with Crippen LogP contribution in [0, 0.1) is 0 Å². The SMILES string of the molecule is CCOc1cccc(-c2c(C(=O)N/N=C\c3ccc(OC(C)C)cc3)nnn2-c2nonc2N)c1. The van der Waals surface area contributed by atoms with Gasteiger partial charge in [-0.05, 0) is 73.0 Å². The van der Waals surface area contributed by atoms with Gasteiger partial charge in [-0.2, -0.15) is 9.78 Å². The van der Waals surface area contributed by atoms with Crippen LogP contribution in [-0.4, -0.2) is 50.1 Å². The molecule has 4 rings (SSSR count). The smallest absolute Gasteiger partial charge is 0.294 e. The van der Waals surface area contributed by atoms with Crippen molar-refractivity contribution in [3.8, 4) is 28.6 Å². The first-order chi connectivity index (χ1) is 17.0. The molecule has 12 heteroatoms. The summed E-state index contributed by atoms with van der Waals surface area (Å²) in [7, 11) is 0. The van der Waals surface area contributed by atoms with Crippen LogP contribution in [0.1, 0.15) is 36.8 Å². The lowest BCUT2D eigenvalue weighted by molar-refractivity contribution is 0.0950. The molecule has 0 aliphatic carbocycles. The van der Waals surface area contributed by atoms with E-state index in [0.29, 0.717) is 23.6 Å². The summed E-state index contributed by atoms with van der Waals surface area (Å²) in [6.07, 6.45) is 1.59. The van der Waals surface area contributed by atoms with Gasteiger partial charge in [-0.1, -0.05) is 17.3 Å². The van der Waals surface area contributed by atoms with Crippen LogP contribution in [0.15, 0.2) is 58.3 Å². The van der Waals surface area contributed by atoms with E-state index in [9.17, 15) is 4.79 Å². The molecule has 1 amide bonds. The van der Waals surface area contributed by atoms with Crippen molar-refractivity contribution in [3.63, 3.8) is 0 Å². The van der Waals surface area contributed by atoms with E-state index in [0.717, 1.165) is 11.3 Å². The predicted molar refractivity (Wildman–Crippen MR) is 127 cm³/mol. The molecular weight excluding hydrogens is 452 g/mol. The van der Waals surface area contributed by atoms with Crippen LogP contribution in [-0.2, 0) is 0 Å². The summed E-state index contributed by atoms with van der Waals surface area (Å²) in [5.74, 6) is 0.864. The van der Waals surface area contributed by atoms with Crippen LogP contribution in [0.4, 0.5) is 5.82 Å². The molecule has 3 N–H and O–H groups in total. The van der Waals surface area contributed by atoms with Crippen LogP contribution in [0.25, 0.3) is 17.1 Å². The Morgan fingerprint density at radius 2 is 2.00 bits per heavy atom. The molecule has 4 aromatic rings. The first kappa shape index (κ1) is 23.4. The maximum atomic E-state index is 13.0. The second-order valence-corrected chi connectivity index (χ2v) is 7.57. The van der Waals surface area contributed by atoms with Gasteiger partial charge in [0.2, 0.25) is 11.6 Å². The molecule has 0 radical (unpaired) electrons. The average molecular weight is 476 g/mol. The van der Waals surface area contributed by atoms with Gasteiger partial charge in [0.15, 0.2) is 5.69 Å². The molecule has 0 aliphatic rings. The monoisotopic (exact) mass is 476 g/mol. The lowest BCUT2D eigenvalue weighted by Crippen LogP contribution is -2.19. The summed E-state index contributed by atoms with van der Waals surface area (Å²) in [6.45, 7) is 6.27.